The first-order chi connectivity index (χ1) is 15.8. The Labute approximate surface area is 194 Å². The lowest BCUT2D eigenvalue weighted by molar-refractivity contribution is -0.136. The summed E-state index contributed by atoms with van der Waals surface area (Å²) in [5, 5.41) is 14.1. The topological polar surface area (TPSA) is 105 Å². The molecule has 33 heavy (non-hydrogen) atoms. The first-order valence-corrected chi connectivity index (χ1v) is 11.6. The molecule has 8 nitrogen and oxygen atoms in total. The molecule has 0 radical (unpaired) electrons. The minimum Gasteiger partial charge on any atom is -0.388 e. The summed E-state index contributed by atoms with van der Waals surface area (Å²) in [6.45, 7) is 5.24. The van der Waals surface area contributed by atoms with Gasteiger partial charge in [-0.25, -0.2) is 4.98 Å². The monoisotopic (exact) mass is 454 g/mol. The molecule has 1 aliphatic heterocycles. The van der Waals surface area contributed by atoms with Crippen molar-refractivity contribution in [3.8, 4) is 0 Å². The molecule has 1 fully saturated rings. The number of piperidine rings is 1. The van der Waals surface area contributed by atoms with E-state index in [0.717, 1.165) is 5.56 Å². The fourth-order valence-electron chi connectivity index (χ4n) is 4.13. The summed E-state index contributed by atoms with van der Waals surface area (Å²) >= 11 is 0. The van der Waals surface area contributed by atoms with E-state index in [9.17, 15) is 19.5 Å². The molecule has 1 atom stereocenters. The summed E-state index contributed by atoms with van der Waals surface area (Å²) in [6, 6.07) is 11.4. The van der Waals surface area contributed by atoms with Gasteiger partial charge < -0.3 is 20.1 Å². The van der Waals surface area contributed by atoms with Crippen LogP contribution in [0.1, 0.15) is 57.4 Å². The van der Waals surface area contributed by atoms with Crippen molar-refractivity contribution in [1.29, 1.82) is 0 Å². The highest BCUT2D eigenvalue weighted by Crippen LogP contribution is 2.26. The van der Waals surface area contributed by atoms with Gasteiger partial charge in [-0.15, -0.1) is 0 Å². The number of benzene rings is 1. The van der Waals surface area contributed by atoms with Gasteiger partial charge >= 0.3 is 0 Å². The maximum atomic E-state index is 12.7. The molecule has 2 aromatic rings. The number of carbonyl (C=O) groups excluding carboxylic acids is 2. The molecule has 0 unspecified atom stereocenters. The number of likely N-dealkylation sites (tertiary alicyclic amines) is 1. The van der Waals surface area contributed by atoms with Gasteiger partial charge in [0.1, 0.15) is 11.6 Å². The Bertz CT molecular complexity index is 997. The SMILES string of the molecule is CC(=O)CCCNc1cc(=O)n(CC2(O)CCN(C(=O)C[C@@H](C)c3ccccc3)CC2)cn1. The van der Waals surface area contributed by atoms with Crippen molar-refractivity contribution in [2.75, 3.05) is 25.0 Å². The van der Waals surface area contributed by atoms with Crippen LogP contribution in [0.2, 0.25) is 0 Å². The minimum atomic E-state index is -1.05. The quantitative estimate of drug-likeness (QED) is 0.535. The lowest BCUT2D eigenvalue weighted by Gasteiger charge is -2.38. The fraction of sp³-hybridized carbons (Fsp3) is 0.520. The maximum Gasteiger partial charge on any atom is 0.255 e. The highest BCUT2D eigenvalue weighted by Gasteiger charge is 2.34. The average molecular weight is 455 g/mol. The summed E-state index contributed by atoms with van der Waals surface area (Å²) in [5.74, 6) is 0.817. The highest BCUT2D eigenvalue weighted by atomic mass is 16.3. The van der Waals surface area contributed by atoms with Gasteiger partial charge in [-0.3, -0.25) is 14.2 Å². The molecule has 178 valence electrons. The largest absolute Gasteiger partial charge is 0.388 e. The number of aliphatic hydroxyl groups is 1. The van der Waals surface area contributed by atoms with Gasteiger partial charge in [0.15, 0.2) is 0 Å². The molecule has 1 aromatic heterocycles. The zero-order chi connectivity index (χ0) is 23.8. The zero-order valence-electron chi connectivity index (χ0n) is 19.5. The van der Waals surface area contributed by atoms with E-state index in [0.29, 0.717) is 57.6 Å². The summed E-state index contributed by atoms with van der Waals surface area (Å²) in [4.78, 5) is 42.3. The van der Waals surface area contributed by atoms with Gasteiger partial charge in [-0.2, -0.15) is 0 Å². The number of carbonyl (C=O) groups is 2. The summed E-state index contributed by atoms with van der Waals surface area (Å²) in [5.41, 5.74) is -0.158. The number of hydrogen-bond acceptors (Lipinski definition) is 6. The first kappa shape index (κ1) is 24.6. The van der Waals surface area contributed by atoms with Crippen LogP contribution in [0.4, 0.5) is 5.82 Å². The molecular formula is C25H34N4O4. The molecule has 2 heterocycles. The summed E-state index contributed by atoms with van der Waals surface area (Å²) in [6.07, 6.45) is 3.87. The Kier molecular flexibility index (Phi) is 8.38. The summed E-state index contributed by atoms with van der Waals surface area (Å²) < 4.78 is 1.41. The van der Waals surface area contributed by atoms with Crippen LogP contribution < -0.4 is 10.9 Å². The first-order valence-electron chi connectivity index (χ1n) is 11.6. The smallest absolute Gasteiger partial charge is 0.255 e. The van der Waals surface area contributed by atoms with Crippen LogP contribution in [0.15, 0.2) is 47.5 Å². The summed E-state index contributed by atoms with van der Waals surface area (Å²) in [7, 11) is 0. The zero-order valence-corrected chi connectivity index (χ0v) is 19.5. The van der Waals surface area contributed by atoms with Crippen molar-refractivity contribution in [2.24, 2.45) is 0 Å². The van der Waals surface area contributed by atoms with Gasteiger partial charge in [-0.1, -0.05) is 37.3 Å². The third-order valence-electron chi connectivity index (χ3n) is 6.25. The number of Topliss-reactive ketones (excluding diaryl/α,β-unsaturated/α-hetero) is 1. The molecule has 0 aliphatic carbocycles. The predicted molar refractivity (Wildman–Crippen MR) is 127 cm³/mol. The van der Waals surface area contributed by atoms with Crippen LogP contribution in [0.5, 0.6) is 0 Å². The van der Waals surface area contributed by atoms with Gasteiger partial charge in [-0.05, 0) is 37.7 Å². The van der Waals surface area contributed by atoms with E-state index in [1.165, 1.54) is 17.0 Å². The Balaban J connectivity index is 1.49. The number of anilines is 1. The van der Waals surface area contributed by atoms with Crippen molar-refractivity contribution < 1.29 is 14.7 Å². The van der Waals surface area contributed by atoms with Crippen LogP contribution in [0, 0.1) is 0 Å². The van der Waals surface area contributed by atoms with Crippen molar-refractivity contribution in [1.82, 2.24) is 14.5 Å². The molecule has 1 saturated heterocycles. The van der Waals surface area contributed by atoms with Gasteiger partial charge in [0.25, 0.3) is 5.56 Å². The minimum absolute atomic E-state index is 0.0902. The highest BCUT2D eigenvalue weighted by molar-refractivity contribution is 5.77. The van der Waals surface area contributed by atoms with E-state index in [1.54, 1.807) is 6.92 Å². The Morgan fingerprint density at radius 2 is 1.91 bits per heavy atom. The maximum absolute atomic E-state index is 12.7. The molecule has 2 N–H and O–H groups in total. The standard InChI is InChI=1S/C25H34N4O4/c1-19(21-8-4-3-5-9-21)15-23(31)28-13-10-25(33,11-14-28)17-29-18-27-22(16-24(29)32)26-12-6-7-20(2)30/h3-5,8-9,16,18-19,26,33H,6-7,10-15,17H2,1-2H3/t19-/m1/s1. The van der Waals surface area contributed by atoms with E-state index in [1.807, 2.05) is 35.2 Å². The van der Waals surface area contributed by atoms with E-state index >= 15 is 0 Å². The molecule has 1 aromatic carbocycles. The van der Waals surface area contributed by atoms with Crippen molar-refractivity contribution in [3.63, 3.8) is 0 Å². The number of rotatable bonds is 10. The number of aromatic nitrogens is 2. The average Bonchev–Trinajstić information content (AvgIpc) is 2.79. The van der Waals surface area contributed by atoms with E-state index in [4.69, 9.17) is 0 Å². The molecule has 0 spiro atoms. The van der Waals surface area contributed by atoms with Gasteiger partial charge in [0.05, 0.1) is 18.5 Å². The van der Waals surface area contributed by atoms with Crippen LogP contribution in [-0.4, -0.2) is 56.5 Å². The Morgan fingerprint density at radius 1 is 1.21 bits per heavy atom. The normalized spacial score (nSPS) is 16.3. The Hall–Kier alpha value is -3.00. The molecular weight excluding hydrogens is 420 g/mol. The van der Waals surface area contributed by atoms with Crippen molar-refractivity contribution >= 4 is 17.5 Å². The second kappa shape index (κ2) is 11.2. The second-order valence-electron chi connectivity index (χ2n) is 9.09. The molecule has 3 rings (SSSR count). The number of hydrogen-bond donors (Lipinski definition) is 2. The van der Waals surface area contributed by atoms with Crippen molar-refractivity contribution in [3.05, 3.63) is 58.6 Å². The van der Waals surface area contributed by atoms with Gasteiger partial charge in [0, 0.05) is 38.5 Å². The number of ketones is 1. The fourth-order valence-corrected chi connectivity index (χ4v) is 4.13. The third kappa shape index (κ3) is 7.25. The molecule has 8 heteroatoms. The van der Waals surface area contributed by atoms with Crippen LogP contribution in [-0.2, 0) is 16.1 Å². The lowest BCUT2D eigenvalue weighted by Crippen LogP contribution is -2.49. The number of nitrogens with one attached hydrogen (secondary N) is 1. The van der Waals surface area contributed by atoms with E-state index in [2.05, 4.69) is 17.2 Å². The van der Waals surface area contributed by atoms with Crippen LogP contribution in [0.25, 0.3) is 0 Å². The second-order valence-corrected chi connectivity index (χ2v) is 9.09. The van der Waals surface area contributed by atoms with Crippen molar-refractivity contribution in [2.45, 2.75) is 64.0 Å². The molecule has 1 amide bonds. The molecule has 0 bridgehead atoms. The number of nitrogens with zero attached hydrogens (tertiary/aromatic N) is 3. The number of amides is 1. The Morgan fingerprint density at radius 3 is 2.55 bits per heavy atom. The predicted octanol–water partition coefficient (Wildman–Crippen LogP) is 2.57. The molecule has 0 saturated carbocycles. The van der Waals surface area contributed by atoms with Crippen LogP contribution in [0.3, 0.4) is 0 Å². The van der Waals surface area contributed by atoms with Gasteiger partial charge in [0.2, 0.25) is 5.91 Å². The van der Waals surface area contributed by atoms with E-state index in [-0.39, 0.29) is 29.7 Å². The third-order valence-corrected chi connectivity index (χ3v) is 6.25. The molecule has 1 aliphatic rings. The van der Waals surface area contributed by atoms with Crippen LogP contribution >= 0.6 is 0 Å². The van der Waals surface area contributed by atoms with E-state index < -0.39 is 5.60 Å². The lowest BCUT2D eigenvalue weighted by atomic mass is 9.90.